The average Bonchev–Trinajstić information content (AvgIpc) is 2.38. The van der Waals surface area contributed by atoms with Crippen molar-refractivity contribution in [3.63, 3.8) is 0 Å². The first-order valence-electron chi connectivity index (χ1n) is 6.79. The smallest absolute Gasteiger partial charge is 0.329 e. The minimum atomic E-state index is -0.954. The standard InChI is InChI=1S/C15H19N3O2/c1-10-8-13(12(9-16)11(2)17-10)18-7-5-4-6-15(18,3)14(19)20/h8H,4-7H2,1-3H3,(H,19,20). The quantitative estimate of drug-likeness (QED) is 0.895. The fraction of sp³-hybridized carbons (Fsp3) is 0.533. The van der Waals surface area contributed by atoms with E-state index in [1.54, 1.807) is 13.8 Å². The maximum absolute atomic E-state index is 11.7. The van der Waals surface area contributed by atoms with Gasteiger partial charge in [-0.2, -0.15) is 5.26 Å². The van der Waals surface area contributed by atoms with Crippen LogP contribution in [0.2, 0.25) is 0 Å². The molecule has 0 bridgehead atoms. The van der Waals surface area contributed by atoms with Crippen molar-refractivity contribution in [3.05, 3.63) is 23.0 Å². The summed E-state index contributed by atoms with van der Waals surface area (Å²) in [5.74, 6) is -0.840. The second-order valence-corrected chi connectivity index (χ2v) is 5.54. The molecule has 0 aliphatic carbocycles. The van der Waals surface area contributed by atoms with Gasteiger partial charge in [-0.3, -0.25) is 4.98 Å². The van der Waals surface area contributed by atoms with Crippen LogP contribution in [0.15, 0.2) is 6.07 Å². The highest BCUT2D eigenvalue weighted by Crippen LogP contribution is 2.35. The van der Waals surface area contributed by atoms with Gasteiger partial charge in [-0.15, -0.1) is 0 Å². The van der Waals surface area contributed by atoms with Crippen LogP contribution in [0.3, 0.4) is 0 Å². The summed E-state index contributed by atoms with van der Waals surface area (Å²) in [5, 5.41) is 19.0. The van der Waals surface area contributed by atoms with Gasteiger partial charge in [0.2, 0.25) is 0 Å². The van der Waals surface area contributed by atoms with E-state index in [0.29, 0.717) is 29.9 Å². The first-order chi connectivity index (χ1) is 9.40. The number of carboxylic acid groups (broad SMARTS) is 1. The summed E-state index contributed by atoms with van der Waals surface area (Å²) in [6.07, 6.45) is 2.42. The minimum absolute atomic E-state index is 0.477. The van der Waals surface area contributed by atoms with Crippen molar-refractivity contribution >= 4 is 11.7 Å². The highest BCUT2D eigenvalue weighted by Gasteiger charge is 2.42. The number of hydrogen-bond donors (Lipinski definition) is 1. The highest BCUT2D eigenvalue weighted by atomic mass is 16.4. The molecule has 0 aromatic carbocycles. The van der Waals surface area contributed by atoms with Crippen molar-refractivity contribution in [2.24, 2.45) is 0 Å². The monoisotopic (exact) mass is 273 g/mol. The molecule has 1 N–H and O–H groups in total. The van der Waals surface area contributed by atoms with Crippen LogP contribution in [0.25, 0.3) is 0 Å². The third-order valence-electron chi connectivity index (χ3n) is 4.06. The Bertz CT molecular complexity index is 592. The Kier molecular flexibility index (Phi) is 3.67. The van der Waals surface area contributed by atoms with Crippen LogP contribution in [-0.4, -0.2) is 28.1 Å². The molecule has 2 rings (SSSR count). The lowest BCUT2D eigenvalue weighted by atomic mass is 9.87. The molecule has 5 nitrogen and oxygen atoms in total. The van der Waals surface area contributed by atoms with Crippen LogP contribution in [-0.2, 0) is 4.79 Å². The van der Waals surface area contributed by atoms with E-state index in [1.807, 2.05) is 17.9 Å². The fourth-order valence-corrected chi connectivity index (χ4v) is 2.89. The van der Waals surface area contributed by atoms with Gasteiger partial charge in [0.25, 0.3) is 0 Å². The molecule has 1 fully saturated rings. The van der Waals surface area contributed by atoms with Gasteiger partial charge in [0, 0.05) is 12.2 Å². The maximum atomic E-state index is 11.7. The summed E-state index contributed by atoms with van der Waals surface area (Å²) >= 11 is 0. The number of carbonyl (C=O) groups is 1. The van der Waals surface area contributed by atoms with E-state index in [2.05, 4.69) is 11.1 Å². The highest BCUT2D eigenvalue weighted by molar-refractivity contribution is 5.84. The van der Waals surface area contributed by atoms with Crippen LogP contribution in [0, 0.1) is 25.2 Å². The van der Waals surface area contributed by atoms with Gasteiger partial charge in [0.1, 0.15) is 11.6 Å². The van der Waals surface area contributed by atoms with Crippen LogP contribution in [0.5, 0.6) is 0 Å². The molecule has 1 aliphatic heterocycles. The molecule has 1 atom stereocenters. The average molecular weight is 273 g/mol. The first-order valence-corrected chi connectivity index (χ1v) is 6.79. The van der Waals surface area contributed by atoms with E-state index >= 15 is 0 Å². The van der Waals surface area contributed by atoms with Crippen LogP contribution < -0.4 is 4.90 Å². The third kappa shape index (κ3) is 2.22. The molecule has 1 unspecified atom stereocenters. The van der Waals surface area contributed by atoms with Gasteiger partial charge < -0.3 is 10.0 Å². The second-order valence-electron chi connectivity index (χ2n) is 5.54. The van der Waals surface area contributed by atoms with Crippen molar-refractivity contribution in [1.29, 1.82) is 5.26 Å². The molecule has 1 saturated heterocycles. The number of aliphatic carboxylic acids is 1. The molecule has 0 amide bonds. The number of aromatic nitrogens is 1. The second kappa shape index (κ2) is 5.12. The van der Waals surface area contributed by atoms with E-state index in [-0.39, 0.29) is 0 Å². The normalized spacial score (nSPS) is 22.4. The lowest BCUT2D eigenvalue weighted by molar-refractivity contribution is -0.143. The van der Waals surface area contributed by atoms with Gasteiger partial charge in [0.05, 0.1) is 16.9 Å². The molecule has 0 spiro atoms. The Hall–Kier alpha value is -2.09. The summed E-state index contributed by atoms with van der Waals surface area (Å²) in [6.45, 7) is 6.04. The molecule has 20 heavy (non-hydrogen) atoms. The van der Waals surface area contributed by atoms with Gasteiger partial charge in [-0.1, -0.05) is 0 Å². The van der Waals surface area contributed by atoms with Crippen LogP contribution in [0.4, 0.5) is 5.69 Å². The topological polar surface area (TPSA) is 77.2 Å². The molecule has 5 heteroatoms. The van der Waals surface area contributed by atoms with Crippen molar-refractivity contribution < 1.29 is 9.90 Å². The Morgan fingerprint density at radius 2 is 2.20 bits per heavy atom. The SMILES string of the molecule is Cc1cc(N2CCCCC2(C)C(=O)O)c(C#N)c(C)n1. The molecule has 1 aromatic rings. The molecule has 106 valence electrons. The van der Waals surface area contributed by atoms with Crippen molar-refractivity contribution in [3.8, 4) is 6.07 Å². The van der Waals surface area contributed by atoms with Crippen molar-refractivity contribution in [1.82, 2.24) is 4.98 Å². The molecular formula is C15H19N3O2. The number of nitrogens with zero attached hydrogens (tertiary/aromatic N) is 3. The predicted octanol–water partition coefficient (Wildman–Crippen LogP) is 2.40. The summed E-state index contributed by atoms with van der Waals surface area (Å²) in [5.41, 5.74) is 1.67. The Balaban J connectivity index is 2.59. The van der Waals surface area contributed by atoms with E-state index in [0.717, 1.165) is 18.5 Å². The zero-order chi connectivity index (χ0) is 14.9. The molecule has 1 aromatic heterocycles. The van der Waals surface area contributed by atoms with E-state index in [4.69, 9.17) is 0 Å². The predicted molar refractivity (Wildman–Crippen MR) is 75.7 cm³/mol. The summed E-state index contributed by atoms with van der Waals surface area (Å²) in [7, 11) is 0. The number of carboxylic acids is 1. The summed E-state index contributed by atoms with van der Waals surface area (Å²) in [4.78, 5) is 17.8. The van der Waals surface area contributed by atoms with Gasteiger partial charge >= 0.3 is 5.97 Å². The number of piperidine rings is 1. The minimum Gasteiger partial charge on any atom is -0.480 e. The Morgan fingerprint density at radius 3 is 2.80 bits per heavy atom. The van der Waals surface area contributed by atoms with E-state index in [1.165, 1.54) is 0 Å². The number of anilines is 1. The summed E-state index contributed by atoms with van der Waals surface area (Å²) in [6, 6.07) is 3.99. The zero-order valence-electron chi connectivity index (χ0n) is 12.1. The molecule has 0 saturated carbocycles. The lowest BCUT2D eigenvalue weighted by Gasteiger charge is -2.43. The first kappa shape index (κ1) is 14.3. The molecule has 2 heterocycles. The number of rotatable bonds is 2. The maximum Gasteiger partial charge on any atom is 0.329 e. The Labute approximate surface area is 118 Å². The van der Waals surface area contributed by atoms with E-state index in [9.17, 15) is 15.2 Å². The lowest BCUT2D eigenvalue weighted by Crippen LogP contribution is -2.55. The summed E-state index contributed by atoms with van der Waals surface area (Å²) < 4.78 is 0. The zero-order valence-corrected chi connectivity index (χ0v) is 12.1. The number of aryl methyl sites for hydroxylation is 2. The van der Waals surface area contributed by atoms with E-state index < -0.39 is 11.5 Å². The largest absolute Gasteiger partial charge is 0.480 e. The number of nitriles is 1. The Morgan fingerprint density at radius 1 is 1.50 bits per heavy atom. The third-order valence-corrected chi connectivity index (χ3v) is 4.06. The molecule has 0 radical (unpaired) electrons. The van der Waals surface area contributed by atoms with Gasteiger partial charge in [-0.05, 0) is 46.1 Å². The van der Waals surface area contributed by atoms with Crippen molar-refractivity contribution in [2.45, 2.75) is 45.6 Å². The molecule has 1 aliphatic rings. The van der Waals surface area contributed by atoms with Gasteiger partial charge in [-0.25, -0.2) is 4.79 Å². The van der Waals surface area contributed by atoms with Gasteiger partial charge in [0.15, 0.2) is 0 Å². The number of hydrogen-bond acceptors (Lipinski definition) is 4. The fourth-order valence-electron chi connectivity index (χ4n) is 2.89. The van der Waals surface area contributed by atoms with Crippen molar-refractivity contribution in [2.75, 3.05) is 11.4 Å². The van der Waals surface area contributed by atoms with Crippen LogP contribution >= 0.6 is 0 Å². The molecular weight excluding hydrogens is 254 g/mol. The van der Waals surface area contributed by atoms with Crippen LogP contribution in [0.1, 0.15) is 43.1 Å². The number of pyridine rings is 1.